The molecule has 0 amide bonds. The standard InChI is InChI=1S/C18H15ClN8S/c19-13-2-1-3-15(10-13)27-24-16(21-25-27)11-28-18-23-22-17(26(18)14-4-5-14)12-6-8-20-9-7-12/h1-3,6-10,14H,4-5,11H2. The van der Waals surface area contributed by atoms with E-state index in [0.29, 0.717) is 22.6 Å². The highest BCUT2D eigenvalue weighted by atomic mass is 35.5. The number of rotatable bonds is 6. The molecule has 0 spiro atoms. The number of hydrogen-bond donors (Lipinski definition) is 0. The summed E-state index contributed by atoms with van der Waals surface area (Å²) in [6.07, 6.45) is 5.83. The monoisotopic (exact) mass is 410 g/mol. The third-order valence-electron chi connectivity index (χ3n) is 4.34. The molecule has 28 heavy (non-hydrogen) atoms. The van der Waals surface area contributed by atoms with Crippen LogP contribution in [0.5, 0.6) is 0 Å². The Morgan fingerprint density at radius 2 is 1.93 bits per heavy atom. The molecule has 4 aromatic rings. The van der Waals surface area contributed by atoms with E-state index in [1.807, 2.05) is 30.3 Å². The first-order valence-electron chi connectivity index (χ1n) is 8.81. The van der Waals surface area contributed by atoms with Crippen LogP contribution in [0, 0.1) is 0 Å². The molecule has 0 aliphatic heterocycles. The molecule has 0 saturated heterocycles. The number of tetrazole rings is 1. The average Bonchev–Trinajstić information content (AvgIpc) is 3.29. The van der Waals surface area contributed by atoms with E-state index in [2.05, 4.69) is 35.2 Å². The SMILES string of the molecule is Clc1cccc(-n2nnc(CSc3nnc(-c4ccncc4)n3C3CC3)n2)c1. The minimum absolute atomic E-state index is 0.454. The highest BCUT2D eigenvalue weighted by Crippen LogP contribution is 2.41. The molecule has 3 aromatic heterocycles. The molecule has 0 N–H and O–H groups in total. The molecule has 3 heterocycles. The van der Waals surface area contributed by atoms with E-state index in [4.69, 9.17) is 11.6 Å². The molecule has 0 radical (unpaired) electrons. The molecule has 1 aromatic carbocycles. The van der Waals surface area contributed by atoms with Crippen molar-refractivity contribution in [2.45, 2.75) is 29.8 Å². The van der Waals surface area contributed by atoms with E-state index in [-0.39, 0.29) is 0 Å². The Morgan fingerprint density at radius 1 is 1.07 bits per heavy atom. The van der Waals surface area contributed by atoms with Crippen LogP contribution in [0.15, 0.2) is 53.9 Å². The Kier molecular flexibility index (Phi) is 4.53. The summed E-state index contributed by atoms with van der Waals surface area (Å²) in [5.41, 5.74) is 1.80. The van der Waals surface area contributed by atoms with Crippen LogP contribution in [0.1, 0.15) is 24.7 Å². The van der Waals surface area contributed by atoms with Gasteiger partial charge in [-0.1, -0.05) is 29.4 Å². The van der Waals surface area contributed by atoms with Crippen LogP contribution in [0.25, 0.3) is 17.1 Å². The average molecular weight is 411 g/mol. The quantitative estimate of drug-likeness (QED) is 0.449. The van der Waals surface area contributed by atoms with Crippen LogP contribution in [-0.4, -0.2) is 40.0 Å². The number of pyridine rings is 1. The zero-order chi connectivity index (χ0) is 18.9. The second kappa shape index (κ2) is 7.33. The summed E-state index contributed by atoms with van der Waals surface area (Å²) in [7, 11) is 0. The lowest BCUT2D eigenvalue weighted by atomic mass is 10.2. The fraction of sp³-hybridized carbons (Fsp3) is 0.222. The maximum Gasteiger partial charge on any atom is 0.192 e. The Balaban J connectivity index is 1.36. The van der Waals surface area contributed by atoms with Gasteiger partial charge in [0.1, 0.15) is 0 Å². The Hall–Kier alpha value is -2.78. The second-order valence-electron chi connectivity index (χ2n) is 6.41. The molecule has 0 bridgehead atoms. The number of aromatic nitrogens is 8. The largest absolute Gasteiger partial charge is 0.299 e. The van der Waals surface area contributed by atoms with Crippen molar-refractivity contribution in [3.8, 4) is 17.1 Å². The van der Waals surface area contributed by atoms with Gasteiger partial charge in [-0.25, -0.2) is 0 Å². The van der Waals surface area contributed by atoms with Crippen LogP contribution in [0.3, 0.4) is 0 Å². The predicted molar refractivity (Wildman–Crippen MR) is 105 cm³/mol. The predicted octanol–water partition coefficient (Wildman–Crippen LogP) is 3.60. The van der Waals surface area contributed by atoms with E-state index < -0.39 is 0 Å². The molecule has 0 atom stereocenters. The maximum atomic E-state index is 6.03. The second-order valence-corrected chi connectivity index (χ2v) is 7.79. The van der Waals surface area contributed by atoms with E-state index >= 15 is 0 Å². The van der Waals surface area contributed by atoms with Gasteiger partial charge < -0.3 is 0 Å². The molecule has 1 aliphatic rings. The first kappa shape index (κ1) is 17.3. The van der Waals surface area contributed by atoms with E-state index in [1.165, 1.54) is 4.80 Å². The van der Waals surface area contributed by atoms with Crippen LogP contribution in [0.2, 0.25) is 5.02 Å². The fourth-order valence-electron chi connectivity index (χ4n) is 2.88. The van der Waals surface area contributed by atoms with Crippen molar-refractivity contribution in [3.63, 3.8) is 0 Å². The Labute approximate surface area is 170 Å². The van der Waals surface area contributed by atoms with Crippen LogP contribution in [0.4, 0.5) is 0 Å². The van der Waals surface area contributed by atoms with Crippen molar-refractivity contribution in [2.24, 2.45) is 0 Å². The van der Waals surface area contributed by atoms with Crippen LogP contribution < -0.4 is 0 Å². The van der Waals surface area contributed by atoms with Crippen molar-refractivity contribution in [3.05, 3.63) is 59.6 Å². The van der Waals surface area contributed by atoms with Gasteiger partial charge in [-0.3, -0.25) is 9.55 Å². The molecular formula is C18H15ClN8S. The smallest absolute Gasteiger partial charge is 0.192 e. The third kappa shape index (κ3) is 3.50. The van der Waals surface area contributed by atoms with Crippen LogP contribution >= 0.6 is 23.4 Å². The van der Waals surface area contributed by atoms with Crippen LogP contribution in [-0.2, 0) is 5.75 Å². The summed E-state index contributed by atoms with van der Waals surface area (Å²) in [4.78, 5) is 5.56. The first-order valence-corrected chi connectivity index (χ1v) is 10.2. The molecular weight excluding hydrogens is 396 g/mol. The lowest BCUT2D eigenvalue weighted by Gasteiger charge is -2.07. The van der Waals surface area contributed by atoms with E-state index in [0.717, 1.165) is 35.1 Å². The summed E-state index contributed by atoms with van der Waals surface area (Å²) in [6, 6.07) is 11.7. The van der Waals surface area contributed by atoms with E-state index in [1.54, 1.807) is 30.2 Å². The number of halogens is 1. The normalized spacial score (nSPS) is 13.8. The number of hydrogen-bond acceptors (Lipinski definition) is 7. The minimum atomic E-state index is 0.454. The summed E-state index contributed by atoms with van der Waals surface area (Å²) in [5, 5.41) is 23.0. The van der Waals surface area contributed by atoms with Crippen molar-refractivity contribution < 1.29 is 0 Å². The van der Waals surface area contributed by atoms with Gasteiger partial charge in [0.05, 0.1) is 11.4 Å². The molecule has 8 nitrogen and oxygen atoms in total. The zero-order valence-corrected chi connectivity index (χ0v) is 16.3. The third-order valence-corrected chi connectivity index (χ3v) is 5.51. The van der Waals surface area contributed by atoms with Gasteiger partial charge in [0.25, 0.3) is 0 Å². The lowest BCUT2D eigenvalue weighted by molar-refractivity contribution is 0.669. The topological polar surface area (TPSA) is 87.2 Å². The fourth-order valence-corrected chi connectivity index (χ4v) is 3.91. The van der Waals surface area contributed by atoms with Crippen molar-refractivity contribution in [2.75, 3.05) is 0 Å². The molecule has 10 heteroatoms. The van der Waals surface area contributed by atoms with Crippen molar-refractivity contribution >= 4 is 23.4 Å². The molecule has 5 rings (SSSR count). The summed E-state index contributed by atoms with van der Waals surface area (Å²) < 4.78 is 2.21. The van der Waals surface area contributed by atoms with Crippen molar-refractivity contribution in [1.82, 2.24) is 40.0 Å². The maximum absolute atomic E-state index is 6.03. The zero-order valence-electron chi connectivity index (χ0n) is 14.7. The molecule has 1 saturated carbocycles. The molecule has 1 aliphatic carbocycles. The summed E-state index contributed by atoms with van der Waals surface area (Å²) in [6.45, 7) is 0. The Morgan fingerprint density at radius 3 is 2.71 bits per heavy atom. The van der Waals surface area contributed by atoms with Crippen molar-refractivity contribution in [1.29, 1.82) is 0 Å². The Bertz CT molecular complexity index is 1110. The number of thioether (sulfide) groups is 1. The molecule has 1 fully saturated rings. The highest BCUT2D eigenvalue weighted by Gasteiger charge is 2.30. The van der Waals surface area contributed by atoms with Gasteiger partial charge in [0.15, 0.2) is 16.8 Å². The van der Waals surface area contributed by atoms with Gasteiger partial charge in [-0.15, -0.1) is 25.2 Å². The highest BCUT2D eigenvalue weighted by molar-refractivity contribution is 7.98. The molecule has 140 valence electrons. The number of benzene rings is 1. The first-order chi connectivity index (χ1) is 13.8. The van der Waals surface area contributed by atoms with Gasteiger partial charge in [-0.05, 0) is 48.4 Å². The summed E-state index contributed by atoms with van der Waals surface area (Å²) in [5.74, 6) is 2.06. The lowest BCUT2D eigenvalue weighted by Crippen LogP contribution is -2.00. The van der Waals surface area contributed by atoms with E-state index in [9.17, 15) is 0 Å². The van der Waals surface area contributed by atoms with Gasteiger partial charge >= 0.3 is 0 Å². The summed E-state index contributed by atoms with van der Waals surface area (Å²) >= 11 is 7.60. The van der Waals surface area contributed by atoms with Gasteiger partial charge in [-0.2, -0.15) is 0 Å². The molecule has 0 unspecified atom stereocenters. The number of nitrogens with zero attached hydrogens (tertiary/aromatic N) is 8. The minimum Gasteiger partial charge on any atom is -0.299 e. The van der Waals surface area contributed by atoms with Gasteiger partial charge in [0, 0.05) is 29.0 Å². The van der Waals surface area contributed by atoms with Gasteiger partial charge in [0.2, 0.25) is 0 Å².